The van der Waals surface area contributed by atoms with E-state index in [0.717, 1.165) is 15.7 Å². The largest absolute Gasteiger partial charge is 0.346 e. The van der Waals surface area contributed by atoms with Gasteiger partial charge in [-0.05, 0) is 28.9 Å². The lowest BCUT2D eigenvalue weighted by Gasteiger charge is -2.03. The molecule has 0 atom stereocenters. The van der Waals surface area contributed by atoms with Crippen molar-refractivity contribution >= 4 is 21.8 Å². The number of hydrogen-bond acceptors (Lipinski definition) is 4. The van der Waals surface area contributed by atoms with Gasteiger partial charge in [0.1, 0.15) is 12.4 Å². The van der Waals surface area contributed by atoms with Crippen LogP contribution in [0.3, 0.4) is 0 Å². The fourth-order valence-electron chi connectivity index (χ4n) is 2.11. The van der Waals surface area contributed by atoms with Crippen molar-refractivity contribution < 1.29 is 4.79 Å². The monoisotopic (exact) mass is 377 g/mol. The molecule has 0 aliphatic carbocycles. The first kappa shape index (κ1) is 15.5. The fourth-order valence-corrected chi connectivity index (χ4v) is 2.44. The Hall–Kier alpha value is -2.42. The Morgan fingerprint density at radius 3 is 2.78 bits per heavy atom. The third-order valence-corrected chi connectivity index (χ3v) is 3.95. The topological polar surface area (TPSA) is 82.6 Å². The minimum absolute atomic E-state index is 0.214. The molecule has 3 heterocycles. The second kappa shape index (κ2) is 6.37. The van der Waals surface area contributed by atoms with Crippen molar-refractivity contribution in [1.29, 1.82) is 0 Å². The summed E-state index contributed by atoms with van der Waals surface area (Å²) in [6, 6.07) is 1.68. The van der Waals surface area contributed by atoms with Gasteiger partial charge in [0, 0.05) is 37.2 Å². The van der Waals surface area contributed by atoms with Crippen LogP contribution in [0.15, 0.2) is 35.3 Å². The van der Waals surface area contributed by atoms with Crippen LogP contribution in [0.4, 0.5) is 0 Å². The fraction of sp³-hybridized carbons (Fsp3) is 0.286. The first-order valence-corrected chi connectivity index (χ1v) is 7.79. The van der Waals surface area contributed by atoms with E-state index in [4.69, 9.17) is 0 Å². The van der Waals surface area contributed by atoms with Crippen LogP contribution < -0.4 is 5.32 Å². The van der Waals surface area contributed by atoms with Gasteiger partial charge in [-0.15, -0.1) is 0 Å². The van der Waals surface area contributed by atoms with Crippen molar-refractivity contribution in [3.63, 3.8) is 0 Å². The van der Waals surface area contributed by atoms with Crippen LogP contribution in [-0.2, 0) is 20.3 Å². The van der Waals surface area contributed by atoms with Gasteiger partial charge in [-0.2, -0.15) is 15.3 Å². The SMILES string of the molecule is Cc1c(CNC(=O)c2ccn(Cn3cc(Br)cn3)n2)cnn1C. The van der Waals surface area contributed by atoms with Crippen LogP contribution >= 0.6 is 15.9 Å². The summed E-state index contributed by atoms with van der Waals surface area (Å²) < 4.78 is 6.05. The third-order valence-electron chi connectivity index (χ3n) is 3.54. The maximum absolute atomic E-state index is 12.2. The van der Waals surface area contributed by atoms with E-state index in [-0.39, 0.29) is 5.91 Å². The number of amides is 1. The van der Waals surface area contributed by atoms with E-state index >= 15 is 0 Å². The normalized spacial score (nSPS) is 10.9. The van der Waals surface area contributed by atoms with Crippen molar-refractivity contribution in [1.82, 2.24) is 34.7 Å². The highest BCUT2D eigenvalue weighted by molar-refractivity contribution is 9.10. The molecule has 3 aromatic rings. The average Bonchev–Trinajstić information content (AvgIpc) is 3.22. The summed E-state index contributed by atoms with van der Waals surface area (Å²) in [6.45, 7) is 2.84. The Morgan fingerprint density at radius 1 is 1.30 bits per heavy atom. The molecule has 0 radical (unpaired) electrons. The van der Waals surface area contributed by atoms with Crippen LogP contribution in [0.1, 0.15) is 21.7 Å². The highest BCUT2D eigenvalue weighted by Crippen LogP contribution is 2.07. The molecule has 120 valence electrons. The molecule has 9 heteroatoms. The molecule has 0 fully saturated rings. The molecule has 1 N–H and O–H groups in total. The smallest absolute Gasteiger partial charge is 0.272 e. The lowest BCUT2D eigenvalue weighted by molar-refractivity contribution is 0.0945. The van der Waals surface area contributed by atoms with E-state index in [9.17, 15) is 4.79 Å². The molecular formula is C14H16BrN7O. The number of nitrogens with one attached hydrogen (secondary N) is 1. The lowest BCUT2D eigenvalue weighted by Crippen LogP contribution is -2.24. The number of aromatic nitrogens is 6. The van der Waals surface area contributed by atoms with Crippen molar-refractivity contribution in [3.05, 3.63) is 52.3 Å². The van der Waals surface area contributed by atoms with Crippen molar-refractivity contribution in [2.45, 2.75) is 20.1 Å². The van der Waals surface area contributed by atoms with Gasteiger partial charge in [0.05, 0.1) is 16.9 Å². The van der Waals surface area contributed by atoms with Crippen LogP contribution in [0.5, 0.6) is 0 Å². The zero-order chi connectivity index (χ0) is 16.4. The lowest BCUT2D eigenvalue weighted by atomic mass is 10.2. The molecule has 3 rings (SSSR count). The molecule has 0 bridgehead atoms. The summed E-state index contributed by atoms with van der Waals surface area (Å²) in [6.07, 6.45) is 7.05. The van der Waals surface area contributed by atoms with Gasteiger partial charge in [-0.1, -0.05) is 0 Å². The van der Waals surface area contributed by atoms with Gasteiger partial charge in [0.15, 0.2) is 0 Å². The first-order chi connectivity index (χ1) is 11.0. The highest BCUT2D eigenvalue weighted by atomic mass is 79.9. The summed E-state index contributed by atoms with van der Waals surface area (Å²) >= 11 is 3.34. The molecule has 1 amide bonds. The van der Waals surface area contributed by atoms with Gasteiger partial charge < -0.3 is 5.32 Å². The summed E-state index contributed by atoms with van der Waals surface area (Å²) in [5, 5.41) is 15.4. The number of aryl methyl sites for hydroxylation is 1. The molecule has 8 nitrogen and oxygen atoms in total. The van der Waals surface area contributed by atoms with Crippen LogP contribution in [0, 0.1) is 6.92 Å². The Balaban J connectivity index is 1.61. The Morgan fingerprint density at radius 2 is 2.13 bits per heavy atom. The minimum Gasteiger partial charge on any atom is -0.346 e. The molecule has 0 aliphatic rings. The van der Waals surface area contributed by atoms with Crippen LogP contribution in [0.25, 0.3) is 0 Å². The maximum atomic E-state index is 12.2. The summed E-state index contributed by atoms with van der Waals surface area (Å²) in [5.74, 6) is -0.214. The van der Waals surface area contributed by atoms with Crippen LogP contribution in [-0.4, -0.2) is 35.2 Å². The van der Waals surface area contributed by atoms with Crippen molar-refractivity contribution in [3.8, 4) is 0 Å². The second-order valence-corrected chi connectivity index (χ2v) is 6.06. The highest BCUT2D eigenvalue weighted by Gasteiger charge is 2.11. The summed E-state index contributed by atoms with van der Waals surface area (Å²) in [5.41, 5.74) is 2.39. The van der Waals surface area contributed by atoms with Gasteiger partial charge in [0.25, 0.3) is 5.91 Å². The molecule has 3 aromatic heterocycles. The van der Waals surface area contributed by atoms with E-state index in [1.807, 2.05) is 20.2 Å². The van der Waals surface area contributed by atoms with Gasteiger partial charge in [0.2, 0.25) is 0 Å². The zero-order valence-electron chi connectivity index (χ0n) is 12.8. The number of hydrogen-bond donors (Lipinski definition) is 1. The Labute approximate surface area is 141 Å². The minimum atomic E-state index is -0.214. The van der Waals surface area contributed by atoms with Crippen molar-refractivity contribution in [2.24, 2.45) is 7.05 Å². The van der Waals surface area contributed by atoms with Crippen LogP contribution in [0.2, 0.25) is 0 Å². The molecule has 0 aromatic carbocycles. The maximum Gasteiger partial charge on any atom is 0.272 e. The summed E-state index contributed by atoms with van der Waals surface area (Å²) in [4.78, 5) is 12.2. The quantitative estimate of drug-likeness (QED) is 0.726. The molecule has 23 heavy (non-hydrogen) atoms. The van der Waals surface area contributed by atoms with Crippen molar-refractivity contribution in [2.75, 3.05) is 0 Å². The van der Waals surface area contributed by atoms with E-state index < -0.39 is 0 Å². The number of carbonyl (C=O) groups is 1. The molecule has 0 saturated heterocycles. The molecular weight excluding hydrogens is 362 g/mol. The van der Waals surface area contributed by atoms with Gasteiger partial charge in [-0.3, -0.25) is 14.2 Å². The molecule has 0 saturated carbocycles. The first-order valence-electron chi connectivity index (χ1n) is 7.00. The predicted molar refractivity (Wildman–Crippen MR) is 86.7 cm³/mol. The molecule has 0 aliphatic heterocycles. The molecule has 0 unspecified atom stereocenters. The summed E-state index contributed by atoms with van der Waals surface area (Å²) in [7, 11) is 1.87. The van der Waals surface area contributed by atoms with E-state index in [2.05, 4.69) is 36.5 Å². The average molecular weight is 378 g/mol. The Kier molecular flexibility index (Phi) is 4.28. The number of carbonyl (C=O) groups excluding carboxylic acids is 1. The number of halogens is 1. The third kappa shape index (κ3) is 3.50. The van der Waals surface area contributed by atoms with E-state index in [1.54, 1.807) is 38.7 Å². The van der Waals surface area contributed by atoms with Gasteiger partial charge in [-0.25, -0.2) is 4.68 Å². The standard InChI is InChI=1S/C14H16BrN7O/c1-10-11(6-17-20(10)2)5-16-14(23)13-3-4-21(19-13)9-22-8-12(15)7-18-22/h3-4,6-8H,5,9H2,1-2H3,(H,16,23). The molecule has 0 spiro atoms. The number of rotatable bonds is 5. The van der Waals surface area contributed by atoms with E-state index in [0.29, 0.717) is 18.9 Å². The van der Waals surface area contributed by atoms with Gasteiger partial charge >= 0.3 is 0 Å². The zero-order valence-corrected chi connectivity index (χ0v) is 14.4. The Bertz CT molecular complexity index is 832. The predicted octanol–water partition coefficient (Wildman–Crippen LogP) is 1.32. The number of nitrogens with zero attached hydrogens (tertiary/aromatic N) is 6. The van der Waals surface area contributed by atoms with E-state index in [1.165, 1.54) is 0 Å². The second-order valence-electron chi connectivity index (χ2n) is 5.14.